The van der Waals surface area contributed by atoms with E-state index in [-0.39, 0.29) is 11.9 Å². The molecule has 14 heavy (non-hydrogen) atoms. The second kappa shape index (κ2) is 4.44. The summed E-state index contributed by atoms with van der Waals surface area (Å²) in [6.45, 7) is 8.99. The Kier molecular flexibility index (Phi) is 4.10. The molecule has 0 saturated heterocycles. The first-order chi connectivity index (χ1) is 6.25. The van der Waals surface area contributed by atoms with Crippen LogP contribution in [0.25, 0.3) is 0 Å². The lowest BCUT2D eigenvalue weighted by atomic mass is 9.91. The zero-order chi connectivity index (χ0) is 11.5. The molecule has 0 aromatic carbocycles. The standard InChI is InChI=1S/C10H19NO3/c1-6-11(7(2)3)8(12)10(4,5)9(13)14/h7H,6H2,1-5H3,(H,13,14). The fourth-order valence-electron chi connectivity index (χ4n) is 1.19. The topological polar surface area (TPSA) is 57.6 Å². The molecule has 4 heteroatoms. The van der Waals surface area contributed by atoms with Gasteiger partial charge in [0.15, 0.2) is 0 Å². The Bertz CT molecular complexity index is 234. The lowest BCUT2D eigenvalue weighted by Crippen LogP contribution is -2.47. The van der Waals surface area contributed by atoms with Gasteiger partial charge in [-0.2, -0.15) is 0 Å². The highest BCUT2D eigenvalue weighted by Crippen LogP contribution is 2.20. The third-order valence-corrected chi connectivity index (χ3v) is 2.29. The van der Waals surface area contributed by atoms with Crippen molar-refractivity contribution in [2.45, 2.75) is 40.7 Å². The van der Waals surface area contributed by atoms with Crippen molar-refractivity contribution in [3.8, 4) is 0 Å². The molecule has 0 unspecified atom stereocenters. The summed E-state index contributed by atoms with van der Waals surface area (Å²) in [7, 11) is 0. The monoisotopic (exact) mass is 201 g/mol. The fourth-order valence-corrected chi connectivity index (χ4v) is 1.19. The Morgan fingerprint density at radius 3 is 2.00 bits per heavy atom. The number of nitrogens with zero attached hydrogens (tertiary/aromatic N) is 1. The van der Waals surface area contributed by atoms with Gasteiger partial charge in [0.25, 0.3) is 0 Å². The second-order valence-corrected chi connectivity index (χ2v) is 4.12. The number of carbonyl (C=O) groups excluding carboxylic acids is 1. The highest BCUT2D eigenvalue weighted by molar-refractivity contribution is 6.01. The Morgan fingerprint density at radius 2 is 1.79 bits per heavy atom. The molecule has 1 N–H and O–H groups in total. The highest BCUT2D eigenvalue weighted by atomic mass is 16.4. The molecule has 0 aliphatic heterocycles. The zero-order valence-corrected chi connectivity index (χ0v) is 9.50. The van der Waals surface area contributed by atoms with Crippen molar-refractivity contribution < 1.29 is 14.7 Å². The van der Waals surface area contributed by atoms with Crippen LogP contribution in [0.4, 0.5) is 0 Å². The molecule has 0 spiro atoms. The van der Waals surface area contributed by atoms with Crippen LogP contribution in [0.2, 0.25) is 0 Å². The van der Waals surface area contributed by atoms with Crippen molar-refractivity contribution in [1.29, 1.82) is 0 Å². The summed E-state index contributed by atoms with van der Waals surface area (Å²) in [6, 6.07) is 0.0334. The van der Waals surface area contributed by atoms with Gasteiger partial charge in [-0.05, 0) is 34.6 Å². The third kappa shape index (κ3) is 2.47. The summed E-state index contributed by atoms with van der Waals surface area (Å²) in [5.41, 5.74) is -1.33. The number of hydrogen-bond donors (Lipinski definition) is 1. The van der Waals surface area contributed by atoms with E-state index in [1.165, 1.54) is 13.8 Å². The van der Waals surface area contributed by atoms with Crippen molar-refractivity contribution in [3.63, 3.8) is 0 Å². The normalized spacial score (nSPS) is 11.6. The van der Waals surface area contributed by atoms with Crippen molar-refractivity contribution in [2.75, 3.05) is 6.54 Å². The molecule has 0 heterocycles. The highest BCUT2D eigenvalue weighted by Gasteiger charge is 2.39. The summed E-state index contributed by atoms with van der Waals surface area (Å²) < 4.78 is 0. The summed E-state index contributed by atoms with van der Waals surface area (Å²) in [5.74, 6) is -1.41. The largest absolute Gasteiger partial charge is 0.480 e. The van der Waals surface area contributed by atoms with Crippen molar-refractivity contribution in [3.05, 3.63) is 0 Å². The number of rotatable bonds is 4. The van der Waals surface area contributed by atoms with E-state index in [2.05, 4.69) is 0 Å². The fraction of sp³-hybridized carbons (Fsp3) is 0.800. The summed E-state index contributed by atoms with van der Waals surface area (Å²) >= 11 is 0. The summed E-state index contributed by atoms with van der Waals surface area (Å²) in [4.78, 5) is 24.2. The van der Waals surface area contributed by atoms with Crippen LogP contribution in [0.1, 0.15) is 34.6 Å². The molecule has 0 atom stereocenters. The molecule has 0 aromatic rings. The summed E-state index contributed by atoms with van der Waals surface area (Å²) in [6.07, 6.45) is 0. The minimum atomic E-state index is -1.33. The van der Waals surface area contributed by atoms with Gasteiger partial charge in [-0.3, -0.25) is 9.59 Å². The maximum Gasteiger partial charge on any atom is 0.318 e. The van der Waals surface area contributed by atoms with Crippen LogP contribution in [0.3, 0.4) is 0 Å². The van der Waals surface area contributed by atoms with E-state index < -0.39 is 11.4 Å². The SMILES string of the molecule is CCN(C(=O)C(C)(C)C(=O)O)C(C)C. The third-order valence-electron chi connectivity index (χ3n) is 2.29. The number of hydrogen-bond acceptors (Lipinski definition) is 2. The second-order valence-electron chi connectivity index (χ2n) is 4.12. The molecule has 1 amide bonds. The van der Waals surface area contributed by atoms with Crippen LogP contribution in [-0.2, 0) is 9.59 Å². The predicted octanol–water partition coefficient (Wildman–Crippen LogP) is 1.35. The first-order valence-corrected chi connectivity index (χ1v) is 4.79. The van der Waals surface area contributed by atoms with Gasteiger partial charge < -0.3 is 10.0 Å². The smallest absolute Gasteiger partial charge is 0.318 e. The summed E-state index contributed by atoms with van der Waals surface area (Å²) in [5, 5.41) is 8.89. The molecule has 0 fully saturated rings. The average molecular weight is 201 g/mol. The molecule has 0 aromatic heterocycles. The molecule has 82 valence electrons. The first-order valence-electron chi connectivity index (χ1n) is 4.79. The van der Waals surface area contributed by atoms with Crippen LogP contribution in [0.5, 0.6) is 0 Å². The molecule has 0 aliphatic rings. The van der Waals surface area contributed by atoms with E-state index in [1.54, 1.807) is 4.90 Å². The van der Waals surface area contributed by atoms with Crippen molar-refractivity contribution in [1.82, 2.24) is 4.90 Å². The Hall–Kier alpha value is -1.06. The van der Waals surface area contributed by atoms with Crippen LogP contribution >= 0.6 is 0 Å². The molecular weight excluding hydrogens is 182 g/mol. The van der Waals surface area contributed by atoms with E-state index in [9.17, 15) is 9.59 Å². The average Bonchev–Trinajstić information content (AvgIpc) is 2.04. The lowest BCUT2D eigenvalue weighted by molar-refractivity contribution is -0.158. The zero-order valence-electron chi connectivity index (χ0n) is 9.50. The van der Waals surface area contributed by atoms with E-state index in [1.807, 2.05) is 20.8 Å². The molecule has 0 rings (SSSR count). The predicted molar refractivity (Wildman–Crippen MR) is 53.9 cm³/mol. The minimum Gasteiger partial charge on any atom is -0.480 e. The number of amides is 1. The van der Waals surface area contributed by atoms with Gasteiger partial charge in [-0.1, -0.05) is 0 Å². The Labute approximate surface area is 84.9 Å². The van der Waals surface area contributed by atoms with Gasteiger partial charge in [-0.25, -0.2) is 0 Å². The maximum absolute atomic E-state index is 11.8. The lowest BCUT2D eigenvalue weighted by Gasteiger charge is -2.31. The molecule has 0 saturated carbocycles. The van der Waals surface area contributed by atoms with Gasteiger partial charge in [0.05, 0.1) is 0 Å². The number of carboxylic acids is 1. The number of carbonyl (C=O) groups is 2. The molecule has 0 radical (unpaired) electrons. The Morgan fingerprint density at radius 1 is 1.36 bits per heavy atom. The van der Waals surface area contributed by atoms with Crippen LogP contribution in [-0.4, -0.2) is 34.5 Å². The van der Waals surface area contributed by atoms with Gasteiger partial charge >= 0.3 is 5.97 Å². The van der Waals surface area contributed by atoms with E-state index in [0.29, 0.717) is 6.54 Å². The number of carboxylic acid groups (broad SMARTS) is 1. The van der Waals surface area contributed by atoms with Crippen LogP contribution in [0, 0.1) is 5.41 Å². The molecule has 4 nitrogen and oxygen atoms in total. The van der Waals surface area contributed by atoms with Gasteiger partial charge in [0.1, 0.15) is 5.41 Å². The van der Waals surface area contributed by atoms with E-state index in [4.69, 9.17) is 5.11 Å². The quantitative estimate of drug-likeness (QED) is 0.698. The molecule has 0 aliphatic carbocycles. The molecule has 0 bridgehead atoms. The van der Waals surface area contributed by atoms with Crippen LogP contribution < -0.4 is 0 Å². The van der Waals surface area contributed by atoms with Gasteiger partial charge in [0, 0.05) is 12.6 Å². The van der Waals surface area contributed by atoms with Crippen molar-refractivity contribution >= 4 is 11.9 Å². The molecular formula is C10H19NO3. The van der Waals surface area contributed by atoms with Gasteiger partial charge in [-0.15, -0.1) is 0 Å². The Balaban J connectivity index is 4.83. The van der Waals surface area contributed by atoms with Gasteiger partial charge in [0.2, 0.25) is 5.91 Å². The van der Waals surface area contributed by atoms with Crippen LogP contribution in [0.15, 0.2) is 0 Å². The van der Waals surface area contributed by atoms with E-state index >= 15 is 0 Å². The van der Waals surface area contributed by atoms with Crippen molar-refractivity contribution in [2.24, 2.45) is 5.41 Å². The number of aliphatic carboxylic acids is 1. The first kappa shape index (κ1) is 12.9. The van der Waals surface area contributed by atoms with E-state index in [0.717, 1.165) is 0 Å². The maximum atomic E-state index is 11.8. The minimum absolute atomic E-state index is 0.0334.